The first-order valence-electron chi connectivity index (χ1n) is 10.3. The van der Waals surface area contributed by atoms with E-state index in [1.807, 2.05) is 6.07 Å². The van der Waals surface area contributed by atoms with Crippen molar-refractivity contribution in [3.8, 4) is 0 Å². The van der Waals surface area contributed by atoms with Gasteiger partial charge in [0.25, 0.3) is 0 Å². The van der Waals surface area contributed by atoms with Crippen LogP contribution in [0.15, 0.2) is 54.6 Å². The van der Waals surface area contributed by atoms with E-state index in [2.05, 4.69) is 72.8 Å². The summed E-state index contributed by atoms with van der Waals surface area (Å²) in [6.07, 6.45) is 2.36. The molecule has 0 heterocycles. The third kappa shape index (κ3) is 9.01. The Morgan fingerprint density at radius 2 is 1.73 bits per heavy atom. The predicted octanol–water partition coefficient (Wildman–Crippen LogP) is 3.82. The molecule has 0 aliphatic heterocycles. The zero-order chi connectivity index (χ0) is 21.9. The van der Waals surface area contributed by atoms with E-state index in [4.69, 9.17) is 5.73 Å². The lowest BCUT2D eigenvalue weighted by molar-refractivity contribution is -0.109. The van der Waals surface area contributed by atoms with Gasteiger partial charge in [-0.2, -0.15) is 0 Å². The molecule has 3 N–H and O–H groups in total. The van der Waals surface area contributed by atoms with Crippen molar-refractivity contribution in [1.82, 2.24) is 10.2 Å². The van der Waals surface area contributed by atoms with Gasteiger partial charge >= 0.3 is 6.03 Å². The van der Waals surface area contributed by atoms with Crippen molar-refractivity contribution in [3.05, 3.63) is 71.3 Å². The van der Waals surface area contributed by atoms with Crippen LogP contribution in [-0.2, 0) is 17.6 Å². The van der Waals surface area contributed by atoms with E-state index in [-0.39, 0.29) is 11.2 Å². The summed E-state index contributed by atoms with van der Waals surface area (Å²) in [5.41, 5.74) is 9.15. The summed E-state index contributed by atoms with van der Waals surface area (Å²) in [5, 5.41) is 2.91. The number of carbonyl (C=O) groups is 2. The first kappa shape index (κ1) is 24.0. The number of primary amides is 1. The molecule has 0 radical (unpaired) electrons. The molecule has 2 aromatic carbocycles. The van der Waals surface area contributed by atoms with E-state index in [1.165, 1.54) is 22.9 Å². The molecule has 0 aromatic heterocycles. The Morgan fingerprint density at radius 3 is 2.37 bits per heavy atom. The van der Waals surface area contributed by atoms with Gasteiger partial charge in [-0.05, 0) is 50.0 Å². The van der Waals surface area contributed by atoms with Crippen molar-refractivity contribution in [2.75, 3.05) is 26.4 Å². The van der Waals surface area contributed by atoms with Gasteiger partial charge in [-0.3, -0.25) is 4.79 Å². The van der Waals surface area contributed by atoms with E-state index < -0.39 is 6.03 Å². The van der Waals surface area contributed by atoms with E-state index in [0.29, 0.717) is 24.5 Å². The van der Waals surface area contributed by atoms with Crippen LogP contribution in [0, 0.1) is 0 Å². The van der Waals surface area contributed by atoms with Crippen LogP contribution in [0.5, 0.6) is 0 Å². The molecule has 2 rings (SSSR count). The molecule has 0 fully saturated rings. The number of carbonyl (C=O) groups excluding carboxylic acids is 2. The molecular weight excluding hydrogens is 394 g/mol. The number of hydrogen-bond acceptors (Lipinski definition) is 4. The number of benzene rings is 2. The number of nitrogens with one attached hydrogen (secondary N) is 1. The molecule has 0 aliphatic carbocycles. The van der Waals surface area contributed by atoms with Crippen molar-refractivity contribution in [3.63, 3.8) is 0 Å². The standard InChI is InChI=1S/C24H33N3O2S/c1-18(28)30-13-12-23(26-24(25)29)16-20-10-7-11-21(15-20)22(17-27(2)3)14-19-8-5-4-6-9-19/h4-11,15,22-23H,12-14,16-17H2,1-3H3,(H3,25,26,29)/t22-,23?/m1/s1. The summed E-state index contributed by atoms with van der Waals surface area (Å²) >= 11 is 1.28. The lowest BCUT2D eigenvalue weighted by atomic mass is 9.89. The number of amides is 2. The Morgan fingerprint density at radius 1 is 1.03 bits per heavy atom. The number of rotatable bonds is 11. The van der Waals surface area contributed by atoms with Crippen LogP contribution in [0.3, 0.4) is 0 Å². The van der Waals surface area contributed by atoms with Crippen LogP contribution < -0.4 is 11.1 Å². The third-order valence-corrected chi connectivity index (χ3v) is 5.78. The van der Waals surface area contributed by atoms with Gasteiger partial charge in [0.15, 0.2) is 5.12 Å². The van der Waals surface area contributed by atoms with Crippen LogP contribution in [0.1, 0.15) is 36.0 Å². The largest absolute Gasteiger partial charge is 0.352 e. The quantitative estimate of drug-likeness (QED) is 0.572. The SMILES string of the molecule is CC(=O)SCCC(Cc1cccc([C@H](Cc2ccccc2)CN(C)C)c1)NC(N)=O. The van der Waals surface area contributed by atoms with Crippen LogP contribution in [0.4, 0.5) is 4.79 Å². The number of urea groups is 1. The van der Waals surface area contributed by atoms with Gasteiger partial charge < -0.3 is 16.0 Å². The van der Waals surface area contributed by atoms with Crippen LogP contribution in [0.25, 0.3) is 0 Å². The number of likely N-dealkylation sites (N-methyl/N-ethyl adjacent to an activating group) is 1. The van der Waals surface area contributed by atoms with Gasteiger partial charge in [0, 0.05) is 31.2 Å². The average molecular weight is 428 g/mol. The fourth-order valence-corrected chi connectivity index (χ4v) is 4.35. The molecule has 0 saturated carbocycles. The van der Waals surface area contributed by atoms with Crippen LogP contribution >= 0.6 is 11.8 Å². The molecule has 30 heavy (non-hydrogen) atoms. The number of hydrogen-bond donors (Lipinski definition) is 2. The van der Waals surface area contributed by atoms with Crippen molar-refractivity contribution < 1.29 is 9.59 Å². The maximum atomic E-state index is 11.4. The zero-order valence-corrected chi connectivity index (χ0v) is 19.0. The maximum absolute atomic E-state index is 11.4. The van der Waals surface area contributed by atoms with Gasteiger partial charge in [-0.15, -0.1) is 0 Å². The second-order valence-corrected chi connectivity index (χ2v) is 9.20. The summed E-state index contributed by atoms with van der Waals surface area (Å²) in [7, 11) is 4.20. The molecule has 2 amide bonds. The Bertz CT molecular complexity index is 811. The summed E-state index contributed by atoms with van der Waals surface area (Å²) in [6, 6.07) is 18.5. The highest BCUT2D eigenvalue weighted by molar-refractivity contribution is 8.13. The first-order chi connectivity index (χ1) is 14.3. The monoisotopic (exact) mass is 427 g/mol. The van der Waals surface area contributed by atoms with Gasteiger partial charge in [0.05, 0.1) is 0 Å². The Balaban J connectivity index is 2.15. The lowest BCUT2D eigenvalue weighted by Gasteiger charge is -2.23. The molecule has 2 aromatic rings. The molecule has 0 saturated heterocycles. The summed E-state index contributed by atoms with van der Waals surface area (Å²) in [4.78, 5) is 24.9. The van der Waals surface area contributed by atoms with Crippen LogP contribution in [-0.4, -0.2) is 48.5 Å². The van der Waals surface area contributed by atoms with E-state index in [9.17, 15) is 9.59 Å². The van der Waals surface area contributed by atoms with Gasteiger partial charge in [0.1, 0.15) is 0 Å². The van der Waals surface area contributed by atoms with Crippen LogP contribution in [0.2, 0.25) is 0 Å². The molecule has 2 atom stereocenters. The third-order valence-electron chi connectivity index (χ3n) is 4.93. The Hall–Kier alpha value is -2.31. The Kier molecular flexibility index (Phi) is 9.91. The zero-order valence-electron chi connectivity index (χ0n) is 18.1. The summed E-state index contributed by atoms with van der Waals surface area (Å²) in [6.45, 7) is 2.51. The molecule has 0 aliphatic rings. The molecule has 6 heteroatoms. The van der Waals surface area contributed by atoms with Gasteiger partial charge in [-0.25, -0.2) is 4.79 Å². The second kappa shape index (κ2) is 12.4. The van der Waals surface area contributed by atoms with Crippen molar-refractivity contribution in [2.24, 2.45) is 5.73 Å². The second-order valence-electron chi connectivity index (χ2n) is 7.93. The minimum absolute atomic E-state index is 0.0854. The fourth-order valence-electron chi connectivity index (χ4n) is 3.66. The fraction of sp³-hybridized carbons (Fsp3) is 0.417. The topological polar surface area (TPSA) is 75.4 Å². The normalized spacial score (nSPS) is 13.1. The van der Waals surface area contributed by atoms with Crippen molar-refractivity contribution in [2.45, 2.75) is 38.1 Å². The van der Waals surface area contributed by atoms with Crippen molar-refractivity contribution in [1.29, 1.82) is 0 Å². The average Bonchev–Trinajstić information content (AvgIpc) is 2.67. The smallest absolute Gasteiger partial charge is 0.312 e. The number of thioether (sulfide) groups is 1. The van der Waals surface area contributed by atoms with Crippen molar-refractivity contribution >= 4 is 22.9 Å². The maximum Gasteiger partial charge on any atom is 0.312 e. The Labute approximate surface area is 184 Å². The molecule has 0 spiro atoms. The summed E-state index contributed by atoms with van der Waals surface area (Å²) < 4.78 is 0. The number of nitrogens with zero attached hydrogens (tertiary/aromatic N) is 1. The minimum atomic E-state index is -0.529. The van der Waals surface area contributed by atoms with E-state index >= 15 is 0 Å². The molecule has 162 valence electrons. The molecular formula is C24H33N3O2S. The highest BCUT2D eigenvalue weighted by atomic mass is 32.2. The van der Waals surface area contributed by atoms with E-state index in [1.54, 1.807) is 6.92 Å². The summed E-state index contributed by atoms with van der Waals surface area (Å²) in [5.74, 6) is 1.04. The minimum Gasteiger partial charge on any atom is -0.352 e. The highest BCUT2D eigenvalue weighted by Gasteiger charge is 2.16. The molecule has 0 bridgehead atoms. The highest BCUT2D eigenvalue weighted by Crippen LogP contribution is 2.24. The predicted molar refractivity (Wildman–Crippen MR) is 126 cm³/mol. The van der Waals surface area contributed by atoms with Gasteiger partial charge in [-0.1, -0.05) is 66.4 Å². The lowest BCUT2D eigenvalue weighted by Crippen LogP contribution is -2.40. The molecule has 1 unspecified atom stereocenters. The first-order valence-corrected chi connectivity index (χ1v) is 11.3. The van der Waals surface area contributed by atoms with Gasteiger partial charge in [0.2, 0.25) is 0 Å². The number of nitrogens with two attached hydrogens (primary N) is 1. The van der Waals surface area contributed by atoms with E-state index in [0.717, 1.165) is 18.5 Å². The molecule has 5 nitrogen and oxygen atoms in total.